The number of rotatable bonds is 2. The van der Waals surface area contributed by atoms with Crippen LogP contribution in [0, 0.1) is 11.7 Å². The Hall–Kier alpha value is -0.600. The van der Waals surface area contributed by atoms with Gasteiger partial charge in [0.1, 0.15) is 5.82 Å². The van der Waals surface area contributed by atoms with Gasteiger partial charge in [-0.1, -0.05) is 43.4 Å². The first kappa shape index (κ1) is 12.8. The molecule has 0 bridgehead atoms. The van der Waals surface area contributed by atoms with E-state index in [0.717, 1.165) is 12.8 Å². The van der Waals surface area contributed by atoms with Gasteiger partial charge in [-0.15, -0.1) is 0 Å². The van der Waals surface area contributed by atoms with Crippen LogP contribution in [0.3, 0.4) is 0 Å². The standard InChI is InChI=1S/C14H18ClFO/c15-13-9-11(16)7-8-12(13)14(17)10-5-3-1-2-4-6-10/h7-10,14,17H,1-6H2. The predicted molar refractivity (Wildman–Crippen MR) is 67.6 cm³/mol. The Labute approximate surface area is 107 Å². The summed E-state index contributed by atoms with van der Waals surface area (Å²) in [6, 6.07) is 4.24. The zero-order chi connectivity index (χ0) is 12.3. The molecule has 0 saturated heterocycles. The summed E-state index contributed by atoms with van der Waals surface area (Å²) < 4.78 is 13.0. The summed E-state index contributed by atoms with van der Waals surface area (Å²) in [6.07, 6.45) is 6.35. The number of hydrogen-bond acceptors (Lipinski definition) is 1. The molecule has 0 spiro atoms. The van der Waals surface area contributed by atoms with Crippen LogP contribution in [0.2, 0.25) is 5.02 Å². The molecule has 1 aromatic carbocycles. The normalized spacial score (nSPS) is 19.9. The Morgan fingerprint density at radius 3 is 2.41 bits per heavy atom. The van der Waals surface area contributed by atoms with Crippen molar-refractivity contribution in [2.45, 2.75) is 44.6 Å². The molecule has 1 nitrogen and oxygen atoms in total. The lowest BCUT2D eigenvalue weighted by Crippen LogP contribution is -2.12. The molecule has 0 heterocycles. The average molecular weight is 257 g/mol. The second-order valence-corrected chi connectivity index (χ2v) is 5.27. The van der Waals surface area contributed by atoms with Crippen molar-refractivity contribution >= 4 is 11.6 Å². The molecule has 3 heteroatoms. The summed E-state index contributed by atoms with van der Waals surface area (Å²) in [5, 5.41) is 10.7. The lowest BCUT2D eigenvalue weighted by Gasteiger charge is -2.22. The lowest BCUT2D eigenvalue weighted by atomic mass is 9.89. The van der Waals surface area contributed by atoms with Gasteiger partial charge >= 0.3 is 0 Å². The van der Waals surface area contributed by atoms with E-state index in [2.05, 4.69) is 0 Å². The molecule has 94 valence electrons. The van der Waals surface area contributed by atoms with Gasteiger partial charge in [0, 0.05) is 5.02 Å². The van der Waals surface area contributed by atoms with Crippen LogP contribution in [-0.4, -0.2) is 5.11 Å². The molecular weight excluding hydrogens is 239 g/mol. The SMILES string of the molecule is OC(c1ccc(F)cc1Cl)C1CCCCCC1. The molecule has 1 aliphatic rings. The Balaban J connectivity index is 2.14. The lowest BCUT2D eigenvalue weighted by molar-refractivity contribution is 0.0988. The molecule has 1 aliphatic carbocycles. The third-order valence-corrected chi connectivity index (χ3v) is 3.95. The third-order valence-electron chi connectivity index (χ3n) is 3.63. The largest absolute Gasteiger partial charge is 0.388 e. The molecule has 1 saturated carbocycles. The topological polar surface area (TPSA) is 20.2 Å². The number of aliphatic hydroxyl groups excluding tert-OH is 1. The maximum absolute atomic E-state index is 13.0. The second-order valence-electron chi connectivity index (χ2n) is 4.86. The average Bonchev–Trinajstić information content (AvgIpc) is 2.56. The van der Waals surface area contributed by atoms with Crippen LogP contribution < -0.4 is 0 Å². The van der Waals surface area contributed by atoms with Crippen molar-refractivity contribution in [3.05, 3.63) is 34.6 Å². The molecule has 1 unspecified atom stereocenters. The van der Waals surface area contributed by atoms with Crippen LogP contribution in [0.4, 0.5) is 4.39 Å². The maximum atomic E-state index is 13.0. The second kappa shape index (κ2) is 5.83. The molecule has 0 radical (unpaired) electrons. The third kappa shape index (κ3) is 3.20. The molecular formula is C14H18ClFO. The fourth-order valence-electron chi connectivity index (χ4n) is 2.62. The van der Waals surface area contributed by atoms with Crippen molar-refractivity contribution in [3.63, 3.8) is 0 Å². The van der Waals surface area contributed by atoms with Crippen LogP contribution in [0.25, 0.3) is 0 Å². The molecule has 2 rings (SSSR count). The van der Waals surface area contributed by atoms with E-state index in [-0.39, 0.29) is 11.7 Å². The summed E-state index contributed by atoms with van der Waals surface area (Å²) >= 11 is 5.98. The first-order chi connectivity index (χ1) is 8.18. The highest BCUT2D eigenvalue weighted by Crippen LogP contribution is 2.36. The monoisotopic (exact) mass is 256 g/mol. The molecule has 1 N–H and O–H groups in total. The molecule has 1 atom stereocenters. The van der Waals surface area contributed by atoms with E-state index in [1.165, 1.54) is 37.8 Å². The summed E-state index contributed by atoms with van der Waals surface area (Å²) in [6.45, 7) is 0. The smallest absolute Gasteiger partial charge is 0.124 e. The van der Waals surface area contributed by atoms with Gasteiger partial charge in [-0.05, 0) is 36.5 Å². The number of benzene rings is 1. The van der Waals surface area contributed by atoms with Crippen LogP contribution >= 0.6 is 11.6 Å². The van der Waals surface area contributed by atoms with Crippen LogP contribution in [0.1, 0.15) is 50.2 Å². The van der Waals surface area contributed by atoms with Crippen LogP contribution in [0.15, 0.2) is 18.2 Å². The fraction of sp³-hybridized carbons (Fsp3) is 0.571. The van der Waals surface area contributed by atoms with Crippen molar-refractivity contribution in [1.29, 1.82) is 0 Å². The van der Waals surface area contributed by atoms with E-state index >= 15 is 0 Å². The Kier molecular flexibility index (Phi) is 4.41. The van der Waals surface area contributed by atoms with E-state index in [1.54, 1.807) is 6.07 Å². The quantitative estimate of drug-likeness (QED) is 0.774. The first-order valence-corrected chi connectivity index (χ1v) is 6.69. The van der Waals surface area contributed by atoms with Gasteiger partial charge in [0.25, 0.3) is 0 Å². The van der Waals surface area contributed by atoms with Crippen molar-refractivity contribution in [3.8, 4) is 0 Å². The number of hydrogen-bond donors (Lipinski definition) is 1. The highest BCUT2D eigenvalue weighted by molar-refractivity contribution is 6.31. The molecule has 1 fully saturated rings. The Morgan fingerprint density at radius 1 is 1.18 bits per heavy atom. The minimum absolute atomic E-state index is 0.264. The summed E-state index contributed by atoms with van der Waals surface area (Å²) in [7, 11) is 0. The van der Waals surface area contributed by atoms with E-state index in [0.29, 0.717) is 10.6 Å². The molecule has 0 aliphatic heterocycles. The Bertz CT molecular complexity index is 372. The Morgan fingerprint density at radius 2 is 1.82 bits per heavy atom. The summed E-state index contributed by atoms with van der Waals surface area (Å²) in [5.74, 6) is -0.0905. The van der Waals surface area contributed by atoms with Gasteiger partial charge in [-0.3, -0.25) is 0 Å². The van der Waals surface area contributed by atoms with Crippen molar-refractivity contribution in [1.82, 2.24) is 0 Å². The molecule has 1 aromatic rings. The predicted octanol–water partition coefficient (Wildman–Crippen LogP) is 4.48. The number of aliphatic hydroxyl groups is 1. The highest BCUT2D eigenvalue weighted by atomic mass is 35.5. The minimum atomic E-state index is -0.554. The molecule has 17 heavy (non-hydrogen) atoms. The maximum Gasteiger partial charge on any atom is 0.124 e. The van der Waals surface area contributed by atoms with Gasteiger partial charge in [0.15, 0.2) is 0 Å². The first-order valence-electron chi connectivity index (χ1n) is 6.31. The van der Waals surface area contributed by atoms with Crippen LogP contribution in [0.5, 0.6) is 0 Å². The fourth-order valence-corrected chi connectivity index (χ4v) is 2.90. The van der Waals surface area contributed by atoms with E-state index in [9.17, 15) is 9.50 Å². The van der Waals surface area contributed by atoms with Crippen LogP contribution in [-0.2, 0) is 0 Å². The zero-order valence-electron chi connectivity index (χ0n) is 9.83. The van der Waals surface area contributed by atoms with Crippen molar-refractivity contribution in [2.24, 2.45) is 5.92 Å². The van der Waals surface area contributed by atoms with E-state index in [4.69, 9.17) is 11.6 Å². The van der Waals surface area contributed by atoms with Crippen molar-refractivity contribution < 1.29 is 9.50 Å². The van der Waals surface area contributed by atoms with Gasteiger partial charge in [-0.2, -0.15) is 0 Å². The minimum Gasteiger partial charge on any atom is -0.388 e. The van der Waals surface area contributed by atoms with E-state index in [1.807, 2.05) is 0 Å². The summed E-state index contributed by atoms with van der Waals surface area (Å²) in [5.41, 5.74) is 0.667. The zero-order valence-corrected chi connectivity index (χ0v) is 10.6. The highest BCUT2D eigenvalue weighted by Gasteiger charge is 2.23. The molecule has 0 aromatic heterocycles. The number of halogens is 2. The summed E-state index contributed by atoms with van der Waals surface area (Å²) in [4.78, 5) is 0. The van der Waals surface area contributed by atoms with Gasteiger partial charge in [0.05, 0.1) is 6.10 Å². The van der Waals surface area contributed by atoms with Gasteiger partial charge < -0.3 is 5.11 Å². The van der Waals surface area contributed by atoms with E-state index < -0.39 is 6.10 Å². The molecule has 0 amide bonds. The van der Waals surface area contributed by atoms with Gasteiger partial charge in [-0.25, -0.2) is 4.39 Å². The van der Waals surface area contributed by atoms with Crippen molar-refractivity contribution in [2.75, 3.05) is 0 Å². The van der Waals surface area contributed by atoms with Gasteiger partial charge in [0.2, 0.25) is 0 Å².